The Bertz CT molecular complexity index is 533. The Morgan fingerprint density at radius 2 is 1.95 bits per heavy atom. The minimum Gasteiger partial charge on any atom is -0.356 e. The van der Waals surface area contributed by atoms with Crippen molar-refractivity contribution in [3.05, 3.63) is 38.9 Å². The Balaban J connectivity index is 2.50. The number of nitro groups is 1. The summed E-state index contributed by atoms with van der Waals surface area (Å²) in [6, 6.07) is 3.78. The lowest BCUT2D eigenvalue weighted by atomic mass is 10.2. The van der Waals surface area contributed by atoms with Gasteiger partial charge in [-0.1, -0.05) is 11.6 Å². The maximum atomic E-state index is 11.7. The molecular formula is C12H14ClN3O4. The molecule has 1 aromatic rings. The van der Waals surface area contributed by atoms with Gasteiger partial charge in [0.15, 0.2) is 0 Å². The van der Waals surface area contributed by atoms with E-state index in [-0.39, 0.29) is 28.1 Å². The number of halogens is 1. The maximum Gasteiger partial charge on any atom is 0.287 e. The van der Waals surface area contributed by atoms with Gasteiger partial charge >= 0.3 is 0 Å². The molecular weight excluding hydrogens is 286 g/mol. The first-order valence-electron chi connectivity index (χ1n) is 5.88. The number of benzene rings is 1. The zero-order valence-corrected chi connectivity index (χ0v) is 11.6. The van der Waals surface area contributed by atoms with E-state index in [0.29, 0.717) is 19.5 Å². The molecule has 0 aliphatic carbocycles. The molecule has 0 radical (unpaired) electrons. The second-order valence-corrected chi connectivity index (χ2v) is 4.42. The second-order valence-electron chi connectivity index (χ2n) is 4.02. The Morgan fingerprint density at radius 1 is 1.30 bits per heavy atom. The predicted octanol–water partition coefficient (Wildman–Crippen LogP) is 1.50. The van der Waals surface area contributed by atoms with E-state index in [4.69, 9.17) is 11.6 Å². The Hall–Kier alpha value is -2.15. The predicted molar refractivity (Wildman–Crippen MR) is 73.7 cm³/mol. The van der Waals surface area contributed by atoms with E-state index >= 15 is 0 Å². The number of amides is 2. The molecule has 0 saturated carbocycles. The van der Waals surface area contributed by atoms with Crippen molar-refractivity contribution in [2.75, 3.05) is 13.1 Å². The van der Waals surface area contributed by atoms with Crippen LogP contribution >= 0.6 is 11.6 Å². The molecule has 108 valence electrons. The first kappa shape index (κ1) is 15.9. The van der Waals surface area contributed by atoms with Crippen LogP contribution in [0.2, 0.25) is 5.02 Å². The fraction of sp³-hybridized carbons (Fsp3) is 0.333. The summed E-state index contributed by atoms with van der Waals surface area (Å²) in [4.78, 5) is 32.3. The highest BCUT2D eigenvalue weighted by Crippen LogP contribution is 2.24. The number of rotatable bonds is 6. The molecule has 0 atom stereocenters. The number of nitro benzene ring substituents is 1. The van der Waals surface area contributed by atoms with Crippen molar-refractivity contribution in [3.63, 3.8) is 0 Å². The van der Waals surface area contributed by atoms with Gasteiger partial charge in [-0.2, -0.15) is 0 Å². The van der Waals surface area contributed by atoms with Crippen LogP contribution in [0.25, 0.3) is 0 Å². The Labute approximate surface area is 120 Å². The van der Waals surface area contributed by atoms with E-state index in [0.717, 1.165) is 0 Å². The van der Waals surface area contributed by atoms with Gasteiger partial charge in [0.1, 0.15) is 5.02 Å². The zero-order chi connectivity index (χ0) is 15.1. The van der Waals surface area contributed by atoms with Crippen LogP contribution in [-0.4, -0.2) is 29.8 Å². The van der Waals surface area contributed by atoms with Gasteiger partial charge in [-0.05, 0) is 18.6 Å². The second kappa shape index (κ2) is 7.44. The number of hydrogen-bond donors (Lipinski definition) is 2. The molecule has 1 aromatic carbocycles. The van der Waals surface area contributed by atoms with Gasteiger partial charge in [0.05, 0.1) is 4.92 Å². The van der Waals surface area contributed by atoms with E-state index in [2.05, 4.69) is 10.6 Å². The summed E-state index contributed by atoms with van der Waals surface area (Å²) < 4.78 is 0. The average molecular weight is 300 g/mol. The minimum absolute atomic E-state index is 0.0825. The molecule has 0 aliphatic heterocycles. The molecule has 20 heavy (non-hydrogen) atoms. The van der Waals surface area contributed by atoms with Gasteiger partial charge in [0.25, 0.3) is 11.6 Å². The van der Waals surface area contributed by atoms with E-state index in [1.807, 2.05) is 0 Å². The molecule has 1 rings (SSSR count). The fourth-order valence-corrected chi connectivity index (χ4v) is 1.70. The zero-order valence-electron chi connectivity index (χ0n) is 10.8. The van der Waals surface area contributed by atoms with Gasteiger partial charge in [-0.15, -0.1) is 0 Å². The summed E-state index contributed by atoms with van der Waals surface area (Å²) in [6.45, 7) is 2.27. The summed E-state index contributed by atoms with van der Waals surface area (Å²) in [5, 5.41) is 15.7. The monoisotopic (exact) mass is 299 g/mol. The van der Waals surface area contributed by atoms with E-state index < -0.39 is 4.92 Å². The van der Waals surface area contributed by atoms with Gasteiger partial charge in [-0.25, -0.2) is 0 Å². The van der Waals surface area contributed by atoms with Crippen LogP contribution in [0.1, 0.15) is 23.7 Å². The van der Waals surface area contributed by atoms with Crippen molar-refractivity contribution in [1.82, 2.24) is 10.6 Å². The van der Waals surface area contributed by atoms with Crippen LogP contribution < -0.4 is 10.6 Å². The molecule has 8 heteroatoms. The van der Waals surface area contributed by atoms with Crippen LogP contribution in [0.5, 0.6) is 0 Å². The fourth-order valence-electron chi connectivity index (χ4n) is 1.45. The minimum atomic E-state index is -0.614. The molecule has 0 fully saturated rings. The topological polar surface area (TPSA) is 101 Å². The molecule has 0 aromatic heterocycles. The van der Waals surface area contributed by atoms with Gasteiger partial charge in [-0.3, -0.25) is 19.7 Å². The van der Waals surface area contributed by atoms with Crippen molar-refractivity contribution in [2.24, 2.45) is 0 Å². The highest BCUT2D eigenvalue weighted by atomic mass is 35.5. The molecule has 0 spiro atoms. The third-order valence-corrected chi connectivity index (χ3v) is 2.72. The summed E-state index contributed by atoms with van der Waals surface area (Å²) in [6.07, 6.45) is 0.589. The molecule has 7 nitrogen and oxygen atoms in total. The van der Waals surface area contributed by atoms with Crippen molar-refractivity contribution in [1.29, 1.82) is 0 Å². The van der Waals surface area contributed by atoms with E-state index in [9.17, 15) is 19.7 Å². The lowest BCUT2D eigenvalue weighted by Crippen LogP contribution is -2.28. The van der Waals surface area contributed by atoms with Crippen LogP contribution in [0.15, 0.2) is 18.2 Å². The number of hydrogen-bond acceptors (Lipinski definition) is 4. The van der Waals surface area contributed by atoms with Crippen molar-refractivity contribution < 1.29 is 14.5 Å². The number of carbonyl (C=O) groups excluding carboxylic acids is 2. The highest BCUT2D eigenvalue weighted by Gasteiger charge is 2.14. The smallest absolute Gasteiger partial charge is 0.287 e. The highest BCUT2D eigenvalue weighted by molar-refractivity contribution is 6.33. The third-order valence-electron chi connectivity index (χ3n) is 2.42. The van der Waals surface area contributed by atoms with E-state index in [1.54, 1.807) is 0 Å². The molecule has 0 aliphatic rings. The summed E-state index contributed by atoms with van der Waals surface area (Å²) in [7, 11) is 0. The number of nitrogens with one attached hydrogen (secondary N) is 2. The van der Waals surface area contributed by atoms with Gasteiger partial charge in [0, 0.05) is 31.6 Å². The normalized spacial score (nSPS) is 9.90. The molecule has 0 heterocycles. The van der Waals surface area contributed by atoms with Crippen LogP contribution in [0.4, 0.5) is 5.69 Å². The maximum absolute atomic E-state index is 11.7. The van der Waals surface area contributed by atoms with Gasteiger partial charge in [0.2, 0.25) is 5.91 Å². The largest absolute Gasteiger partial charge is 0.356 e. The molecule has 0 saturated heterocycles. The van der Waals surface area contributed by atoms with Crippen molar-refractivity contribution >= 4 is 29.1 Å². The van der Waals surface area contributed by atoms with Crippen LogP contribution in [-0.2, 0) is 4.79 Å². The standard InChI is InChI=1S/C12H14ClN3O4/c1-8(17)14-5-2-6-15-12(18)9-3-4-11(16(19)20)10(13)7-9/h3-4,7H,2,5-6H2,1H3,(H,14,17)(H,15,18). The molecule has 0 unspecified atom stereocenters. The number of carbonyl (C=O) groups is 2. The lowest BCUT2D eigenvalue weighted by molar-refractivity contribution is -0.384. The lowest BCUT2D eigenvalue weighted by Gasteiger charge is -2.06. The Kier molecular flexibility index (Phi) is 5.92. The summed E-state index contributed by atoms with van der Waals surface area (Å²) in [5.74, 6) is -0.497. The van der Waals surface area contributed by atoms with Crippen molar-refractivity contribution in [2.45, 2.75) is 13.3 Å². The molecule has 2 N–H and O–H groups in total. The van der Waals surface area contributed by atoms with Crippen LogP contribution in [0, 0.1) is 10.1 Å². The molecule has 0 bridgehead atoms. The average Bonchev–Trinajstić information content (AvgIpc) is 2.37. The summed E-state index contributed by atoms with van der Waals surface area (Å²) >= 11 is 5.72. The quantitative estimate of drug-likeness (QED) is 0.472. The number of nitrogens with zero attached hydrogens (tertiary/aromatic N) is 1. The first-order valence-corrected chi connectivity index (χ1v) is 6.26. The Morgan fingerprint density at radius 3 is 2.50 bits per heavy atom. The SMILES string of the molecule is CC(=O)NCCCNC(=O)c1ccc([N+](=O)[O-])c(Cl)c1. The van der Waals surface area contributed by atoms with Crippen molar-refractivity contribution in [3.8, 4) is 0 Å². The molecule has 2 amide bonds. The first-order chi connectivity index (χ1) is 9.41. The van der Waals surface area contributed by atoms with Crippen LogP contribution in [0.3, 0.4) is 0 Å². The van der Waals surface area contributed by atoms with E-state index in [1.165, 1.54) is 25.1 Å². The summed E-state index contributed by atoms with van der Waals surface area (Å²) in [5.41, 5.74) is 0.00834. The van der Waals surface area contributed by atoms with Gasteiger partial charge < -0.3 is 10.6 Å². The third kappa shape index (κ3) is 4.85.